The van der Waals surface area contributed by atoms with Crippen LogP contribution >= 0.6 is 15.9 Å². The molecular formula is C16H15BrN2O3. The Balaban J connectivity index is 2.17. The van der Waals surface area contributed by atoms with Gasteiger partial charge in [0.15, 0.2) is 0 Å². The minimum atomic E-state index is -0.458. The maximum absolute atomic E-state index is 12.3. The number of carbonyl (C=O) groups is 1. The average molecular weight is 363 g/mol. The van der Waals surface area contributed by atoms with Crippen LogP contribution in [0.25, 0.3) is 0 Å². The van der Waals surface area contributed by atoms with Crippen LogP contribution < -0.4 is 5.32 Å². The van der Waals surface area contributed by atoms with Gasteiger partial charge in [0.25, 0.3) is 11.6 Å². The van der Waals surface area contributed by atoms with E-state index in [0.29, 0.717) is 11.1 Å². The maximum Gasteiger partial charge on any atom is 0.272 e. The number of nitrogens with zero attached hydrogens (tertiary/aromatic N) is 1. The number of rotatable bonds is 4. The summed E-state index contributed by atoms with van der Waals surface area (Å²) in [6.07, 6.45) is 0. The van der Waals surface area contributed by atoms with Crippen LogP contribution in [0.15, 0.2) is 46.9 Å². The summed E-state index contributed by atoms with van der Waals surface area (Å²) in [5.41, 5.74) is 1.85. The summed E-state index contributed by atoms with van der Waals surface area (Å²) in [4.78, 5) is 22.6. The van der Waals surface area contributed by atoms with Gasteiger partial charge in [-0.05, 0) is 37.6 Å². The highest BCUT2D eigenvalue weighted by molar-refractivity contribution is 9.10. The number of benzene rings is 2. The number of nitro groups is 1. The first-order valence-electron chi connectivity index (χ1n) is 6.70. The van der Waals surface area contributed by atoms with Gasteiger partial charge in [0, 0.05) is 21.7 Å². The number of carbonyl (C=O) groups excluding carboxylic acids is 1. The number of hydrogen-bond donors (Lipinski definition) is 1. The third-order valence-electron chi connectivity index (χ3n) is 3.38. The molecule has 6 heteroatoms. The summed E-state index contributed by atoms with van der Waals surface area (Å²) in [5.74, 6) is -0.263. The molecule has 0 saturated carbocycles. The minimum absolute atomic E-state index is 0.00963. The van der Waals surface area contributed by atoms with Gasteiger partial charge in [0.2, 0.25) is 0 Å². The Labute approximate surface area is 136 Å². The van der Waals surface area contributed by atoms with Crippen molar-refractivity contribution in [3.63, 3.8) is 0 Å². The van der Waals surface area contributed by atoms with Crippen molar-refractivity contribution in [1.29, 1.82) is 0 Å². The van der Waals surface area contributed by atoms with E-state index in [-0.39, 0.29) is 17.6 Å². The highest BCUT2D eigenvalue weighted by Crippen LogP contribution is 2.24. The van der Waals surface area contributed by atoms with Gasteiger partial charge in [-0.25, -0.2) is 0 Å². The molecule has 0 aliphatic heterocycles. The lowest BCUT2D eigenvalue weighted by molar-refractivity contribution is -0.385. The van der Waals surface area contributed by atoms with E-state index in [9.17, 15) is 14.9 Å². The van der Waals surface area contributed by atoms with E-state index in [1.165, 1.54) is 18.2 Å². The topological polar surface area (TPSA) is 72.2 Å². The summed E-state index contributed by atoms with van der Waals surface area (Å²) in [6.45, 7) is 3.50. The molecule has 0 fully saturated rings. The van der Waals surface area contributed by atoms with Gasteiger partial charge in [0.05, 0.1) is 11.0 Å². The summed E-state index contributed by atoms with van der Waals surface area (Å²) in [5, 5.41) is 13.7. The largest absolute Gasteiger partial charge is 0.345 e. The predicted molar refractivity (Wildman–Crippen MR) is 87.9 cm³/mol. The van der Waals surface area contributed by atoms with E-state index in [2.05, 4.69) is 21.2 Å². The van der Waals surface area contributed by atoms with Crippen molar-refractivity contribution in [2.24, 2.45) is 0 Å². The number of aryl methyl sites for hydroxylation is 1. The van der Waals surface area contributed by atoms with Gasteiger partial charge < -0.3 is 5.32 Å². The molecule has 0 heterocycles. The Hall–Kier alpha value is -2.21. The van der Waals surface area contributed by atoms with Crippen LogP contribution in [0.3, 0.4) is 0 Å². The van der Waals surface area contributed by atoms with Crippen molar-refractivity contribution >= 4 is 27.5 Å². The Kier molecular flexibility index (Phi) is 4.92. The number of nitro benzene ring substituents is 1. The Morgan fingerprint density at radius 3 is 2.55 bits per heavy atom. The third kappa shape index (κ3) is 3.51. The second kappa shape index (κ2) is 6.70. The van der Waals surface area contributed by atoms with E-state index in [0.717, 1.165) is 10.0 Å². The van der Waals surface area contributed by atoms with Gasteiger partial charge in [0.1, 0.15) is 0 Å². The molecule has 0 unspecified atom stereocenters. The molecule has 0 aromatic heterocycles. The summed E-state index contributed by atoms with van der Waals surface area (Å²) < 4.78 is 0.919. The smallest absolute Gasteiger partial charge is 0.272 e. The molecule has 0 aliphatic carbocycles. The minimum Gasteiger partial charge on any atom is -0.345 e. The van der Waals surface area contributed by atoms with Crippen LogP contribution in [0, 0.1) is 17.0 Å². The van der Waals surface area contributed by atoms with Crippen LogP contribution in [0.1, 0.15) is 34.5 Å². The van der Waals surface area contributed by atoms with Crippen molar-refractivity contribution in [3.8, 4) is 0 Å². The molecule has 2 rings (SSSR count). The van der Waals surface area contributed by atoms with Crippen molar-refractivity contribution in [2.75, 3.05) is 0 Å². The molecule has 114 valence electrons. The molecular weight excluding hydrogens is 348 g/mol. The predicted octanol–water partition coefficient (Wildman–Crippen LogP) is 4.16. The number of halogens is 1. The molecule has 22 heavy (non-hydrogen) atoms. The Bertz CT molecular complexity index is 731. The van der Waals surface area contributed by atoms with E-state index >= 15 is 0 Å². The Morgan fingerprint density at radius 2 is 1.95 bits per heavy atom. The molecule has 2 aromatic rings. The fraction of sp³-hybridized carbons (Fsp3) is 0.188. The maximum atomic E-state index is 12.3. The van der Waals surface area contributed by atoms with Gasteiger partial charge in [-0.15, -0.1) is 0 Å². The van der Waals surface area contributed by atoms with Crippen molar-refractivity contribution in [2.45, 2.75) is 19.9 Å². The normalized spacial score (nSPS) is 11.8. The average Bonchev–Trinajstić information content (AvgIpc) is 2.46. The van der Waals surface area contributed by atoms with Crippen LogP contribution in [0.5, 0.6) is 0 Å². The molecule has 0 saturated heterocycles. The second-order valence-electron chi connectivity index (χ2n) is 4.98. The first-order chi connectivity index (χ1) is 10.4. The summed E-state index contributed by atoms with van der Waals surface area (Å²) in [6, 6.07) is 11.8. The van der Waals surface area contributed by atoms with E-state index < -0.39 is 4.92 Å². The molecule has 5 nitrogen and oxygen atoms in total. The van der Waals surface area contributed by atoms with Crippen molar-refractivity contribution in [1.82, 2.24) is 5.32 Å². The molecule has 0 aliphatic rings. The zero-order valence-corrected chi connectivity index (χ0v) is 13.8. The fourth-order valence-corrected chi connectivity index (χ4v) is 2.81. The quantitative estimate of drug-likeness (QED) is 0.655. The molecule has 0 spiro atoms. The molecule has 0 radical (unpaired) electrons. The van der Waals surface area contributed by atoms with E-state index in [1.54, 1.807) is 6.92 Å². The van der Waals surface area contributed by atoms with Crippen LogP contribution in [0.4, 0.5) is 5.69 Å². The number of nitrogens with one attached hydrogen (secondary N) is 1. The lowest BCUT2D eigenvalue weighted by Gasteiger charge is -2.16. The van der Waals surface area contributed by atoms with Crippen LogP contribution in [0.2, 0.25) is 0 Å². The second-order valence-corrected chi connectivity index (χ2v) is 5.83. The monoisotopic (exact) mass is 362 g/mol. The third-order valence-corrected chi connectivity index (χ3v) is 4.10. The lowest BCUT2D eigenvalue weighted by atomic mass is 10.1. The molecule has 1 amide bonds. The van der Waals surface area contributed by atoms with Crippen LogP contribution in [-0.2, 0) is 0 Å². The van der Waals surface area contributed by atoms with Crippen molar-refractivity contribution in [3.05, 3.63) is 73.7 Å². The molecule has 2 aromatic carbocycles. The van der Waals surface area contributed by atoms with E-state index in [1.807, 2.05) is 31.2 Å². The first-order valence-corrected chi connectivity index (χ1v) is 7.49. The van der Waals surface area contributed by atoms with Gasteiger partial charge >= 0.3 is 0 Å². The molecule has 1 N–H and O–H groups in total. The van der Waals surface area contributed by atoms with Gasteiger partial charge in [-0.2, -0.15) is 0 Å². The fourth-order valence-electron chi connectivity index (χ4n) is 2.19. The van der Waals surface area contributed by atoms with E-state index in [4.69, 9.17) is 0 Å². The zero-order chi connectivity index (χ0) is 16.3. The summed E-state index contributed by atoms with van der Waals surface area (Å²) >= 11 is 3.45. The Morgan fingerprint density at radius 1 is 1.27 bits per heavy atom. The highest BCUT2D eigenvalue weighted by Gasteiger charge is 2.16. The number of amides is 1. The highest BCUT2D eigenvalue weighted by atomic mass is 79.9. The summed E-state index contributed by atoms with van der Waals surface area (Å²) in [7, 11) is 0. The SMILES string of the molecule is Cc1cc(C(=O)N[C@H](C)c2ccccc2Br)ccc1[N+](=O)[O-]. The number of hydrogen-bond acceptors (Lipinski definition) is 3. The van der Waals surface area contributed by atoms with Crippen molar-refractivity contribution < 1.29 is 9.72 Å². The molecule has 0 bridgehead atoms. The van der Waals surface area contributed by atoms with Gasteiger partial charge in [-0.3, -0.25) is 14.9 Å². The molecule has 1 atom stereocenters. The zero-order valence-electron chi connectivity index (χ0n) is 12.2. The van der Waals surface area contributed by atoms with Crippen LogP contribution in [-0.4, -0.2) is 10.8 Å². The first kappa shape index (κ1) is 16.2. The van der Waals surface area contributed by atoms with Gasteiger partial charge in [-0.1, -0.05) is 34.1 Å². The lowest BCUT2D eigenvalue weighted by Crippen LogP contribution is -2.26. The standard InChI is InChI=1S/C16H15BrN2O3/c1-10-9-12(7-8-15(10)19(21)22)16(20)18-11(2)13-5-3-4-6-14(13)17/h3-9,11H,1-2H3,(H,18,20)/t11-/m1/s1.